The molecule has 7 heteroatoms. The van der Waals surface area contributed by atoms with Gasteiger partial charge in [-0.05, 0) is 18.8 Å². The van der Waals surface area contributed by atoms with Crippen molar-refractivity contribution in [2.24, 2.45) is 17.6 Å². The average Bonchev–Trinajstić information content (AvgIpc) is 2.97. The highest BCUT2D eigenvalue weighted by atomic mass is 16.4. The van der Waals surface area contributed by atoms with Crippen LogP contribution in [0.3, 0.4) is 0 Å². The Hall–Kier alpha value is -1.89. The molecule has 1 saturated carbocycles. The standard InChI is InChI=1S/C14H22N4O3/c15-12(5-10-7-16-8-18-10)13(19)17-6-9-3-1-2-4-11(9)14(20)21/h7-9,11-12H,1-6,15H2,(H,16,18)(H,17,19)(H,20,21). The number of hydrogen-bond acceptors (Lipinski definition) is 4. The van der Waals surface area contributed by atoms with E-state index in [9.17, 15) is 14.7 Å². The molecule has 1 heterocycles. The zero-order valence-corrected chi connectivity index (χ0v) is 11.9. The Balaban J connectivity index is 1.80. The van der Waals surface area contributed by atoms with Crippen LogP contribution in [0.2, 0.25) is 0 Å². The minimum Gasteiger partial charge on any atom is -0.481 e. The van der Waals surface area contributed by atoms with E-state index in [1.54, 1.807) is 12.5 Å². The van der Waals surface area contributed by atoms with Gasteiger partial charge in [-0.3, -0.25) is 9.59 Å². The molecule has 0 radical (unpaired) electrons. The van der Waals surface area contributed by atoms with Gasteiger partial charge < -0.3 is 21.1 Å². The first-order valence-corrected chi connectivity index (χ1v) is 7.31. The molecule has 1 fully saturated rings. The molecule has 0 aromatic carbocycles. The summed E-state index contributed by atoms with van der Waals surface area (Å²) in [5.74, 6) is -1.38. The van der Waals surface area contributed by atoms with Crippen molar-refractivity contribution in [3.05, 3.63) is 18.2 Å². The molecule has 1 aliphatic rings. The van der Waals surface area contributed by atoms with Crippen LogP contribution in [0.5, 0.6) is 0 Å². The maximum Gasteiger partial charge on any atom is 0.306 e. The van der Waals surface area contributed by atoms with E-state index < -0.39 is 12.0 Å². The number of hydrogen-bond donors (Lipinski definition) is 4. The second-order valence-electron chi connectivity index (χ2n) is 5.62. The summed E-state index contributed by atoms with van der Waals surface area (Å²) in [6.45, 7) is 0.381. The molecule has 2 rings (SSSR count). The number of carboxylic acids is 1. The van der Waals surface area contributed by atoms with Gasteiger partial charge in [-0.2, -0.15) is 0 Å². The third-order valence-electron chi connectivity index (χ3n) is 4.10. The Labute approximate surface area is 123 Å². The normalized spacial score (nSPS) is 23.5. The van der Waals surface area contributed by atoms with Crippen LogP contribution in [0.15, 0.2) is 12.5 Å². The lowest BCUT2D eigenvalue weighted by atomic mass is 9.79. The predicted octanol–water partition coefficient (Wildman–Crippen LogP) is 0.287. The number of carbonyl (C=O) groups excluding carboxylic acids is 1. The summed E-state index contributed by atoms with van der Waals surface area (Å²) in [7, 11) is 0. The number of rotatable bonds is 6. The van der Waals surface area contributed by atoms with E-state index in [4.69, 9.17) is 5.73 Å². The van der Waals surface area contributed by atoms with E-state index in [1.807, 2.05) is 0 Å². The Kier molecular flexibility index (Phi) is 5.32. The molecule has 0 bridgehead atoms. The minimum absolute atomic E-state index is 0.000413. The maximum atomic E-state index is 12.0. The molecular formula is C14H22N4O3. The van der Waals surface area contributed by atoms with Crippen LogP contribution < -0.4 is 11.1 Å². The smallest absolute Gasteiger partial charge is 0.306 e. The monoisotopic (exact) mass is 294 g/mol. The van der Waals surface area contributed by atoms with Crippen LogP contribution in [0, 0.1) is 11.8 Å². The largest absolute Gasteiger partial charge is 0.481 e. The van der Waals surface area contributed by atoms with Gasteiger partial charge in [0.15, 0.2) is 0 Å². The zero-order chi connectivity index (χ0) is 15.2. The Morgan fingerprint density at radius 2 is 2.24 bits per heavy atom. The Morgan fingerprint density at radius 1 is 1.48 bits per heavy atom. The lowest BCUT2D eigenvalue weighted by molar-refractivity contribution is -0.145. The van der Waals surface area contributed by atoms with Gasteiger partial charge >= 0.3 is 5.97 Å². The van der Waals surface area contributed by atoms with Crippen LogP contribution in [0.25, 0.3) is 0 Å². The number of aliphatic carboxylic acids is 1. The topological polar surface area (TPSA) is 121 Å². The number of aromatic amines is 1. The molecular weight excluding hydrogens is 272 g/mol. The second kappa shape index (κ2) is 7.21. The molecule has 21 heavy (non-hydrogen) atoms. The maximum absolute atomic E-state index is 12.0. The second-order valence-corrected chi connectivity index (χ2v) is 5.62. The highest BCUT2D eigenvalue weighted by Gasteiger charge is 2.31. The first-order chi connectivity index (χ1) is 10.1. The first-order valence-electron chi connectivity index (χ1n) is 7.31. The van der Waals surface area contributed by atoms with E-state index >= 15 is 0 Å². The molecule has 1 amide bonds. The number of H-pyrrole nitrogens is 1. The third-order valence-corrected chi connectivity index (χ3v) is 4.10. The molecule has 0 aliphatic heterocycles. The summed E-state index contributed by atoms with van der Waals surface area (Å²) >= 11 is 0. The number of imidazole rings is 1. The summed E-state index contributed by atoms with van der Waals surface area (Å²) in [6.07, 6.45) is 7.06. The van der Waals surface area contributed by atoms with Crippen molar-refractivity contribution in [1.29, 1.82) is 0 Å². The van der Waals surface area contributed by atoms with Gasteiger partial charge in [0.1, 0.15) is 0 Å². The zero-order valence-electron chi connectivity index (χ0n) is 11.9. The van der Waals surface area contributed by atoms with E-state index in [-0.39, 0.29) is 17.7 Å². The molecule has 0 spiro atoms. The number of carbonyl (C=O) groups is 2. The van der Waals surface area contributed by atoms with Crippen molar-refractivity contribution in [3.8, 4) is 0 Å². The highest BCUT2D eigenvalue weighted by Crippen LogP contribution is 2.29. The Morgan fingerprint density at radius 3 is 2.90 bits per heavy atom. The van der Waals surface area contributed by atoms with Gasteiger partial charge in [-0.25, -0.2) is 4.98 Å². The van der Waals surface area contributed by atoms with Gasteiger partial charge in [0.2, 0.25) is 5.91 Å². The molecule has 3 atom stereocenters. The van der Waals surface area contributed by atoms with Crippen LogP contribution in [-0.4, -0.2) is 39.5 Å². The number of carboxylic acid groups (broad SMARTS) is 1. The highest BCUT2D eigenvalue weighted by molar-refractivity contribution is 5.81. The third kappa shape index (κ3) is 4.29. The van der Waals surface area contributed by atoms with Crippen LogP contribution in [0.4, 0.5) is 0 Å². The fourth-order valence-corrected chi connectivity index (χ4v) is 2.87. The predicted molar refractivity (Wildman–Crippen MR) is 76.4 cm³/mol. The molecule has 5 N–H and O–H groups in total. The van der Waals surface area contributed by atoms with Crippen LogP contribution >= 0.6 is 0 Å². The molecule has 116 valence electrons. The first kappa shape index (κ1) is 15.5. The summed E-state index contributed by atoms with van der Waals surface area (Å²) in [4.78, 5) is 30.0. The molecule has 0 saturated heterocycles. The van der Waals surface area contributed by atoms with Crippen LogP contribution in [-0.2, 0) is 16.0 Å². The summed E-state index contributed by atoms with van der Waals surface area (Å²) < 4.78 is 0. The average molecular weight is 294 g/mol. The van der Waals surface area contributed by atoms with Gasteiger partial charge in [0.05, 0.1) is 18.3 Å². The van der Waals surface area contributed by atoms with Crippen molar-refractivity contribution in [2.75, 3.05) is 6.54 Å². The summed E-state index contributed by atoms with van der Waals surface area (Å²) in [5, 5.41) is 12.0. The SMILES string of the molecule is NC(Cc1cnc[nH]1)C(=O)NCC1CCCCC1C(=O)O. The van der Waals surface area contributed by atoms with Gasteiger partial charge in [0, 0.05) is 24.9 Å². The van der Waals surface area contributed by atoms with E-state index in [1.165, 1.54) is 0 Å². The van der Waals surface area contributed by atoms with Crippen LogP contribution in [0.1, 0.15) is 31.4 Å². The molecule has 1 aliphatic carbocycles. The number of aromatic nitrogens is 2. The molecule has 3 unspecified atom stereocenters. The quantitative estimate of drug-likeness (QED) is 0.600. The van der Waals surface area contributed by atoms with E-state index in [2.05, 4.69) is 15.3 Å². The van der Waals surface area contributed by atoms with Gasteiger partial charge in [0.25, 0.3) is 0 Å². The fourth-order valence-electron chi connectivity index (χ4n) is 2.87. The van der Waals surface area contributed by atoms with Crippen molar-refractivity contribution in [1.82, 2.24) is 15.3 Å². The molecule has 7 nitrogen and oxygen atoms in total. The van der Waals surface area contributed by atoms with Crippen molar-refractivity contribution < 1.29 is 14.7 Å². The van der Waals surface area contributed by atoms with E-state index in [0.717, 1.165) is 25.0 Å². The lowest BCUT2D eigenvalue weighted by Gasteiger charge is -2.28. The van der Waals surface area contributed by atoms with Crippen molar-refractivity contribution in [3.63, 3.8) is 0 Å². The molecule has 1 aromatic rings. The van der Waals surface area contributed by atoms with Crippen molar-refractivity contribution >= 4 is 11.9 Å². The van der Waals surface area contributed by atoms with Gasteiger partial charge in [-0.15, -0.1) is 0 Å². The number of nitrogens with two attached hydrogens (primary N) is 1. The molecule has 1 aromatic heterocycles. The fraction of sp³-hybridized carbons (Fsp3) is 0.643. The summed E-state index contributed by atoms with van der Waals surface area (Å²) in [6, 6.07) is -0.655. The Bertz CT molecular complexity index is 475. The number of nitrogens with one attached hydrogen (secondary N) is 2. The van der Waals surface area contributed by atoms with Crippen molar-refractivity contribution in [2.45, 2.75) is 38.1 Å². The summed E-state index contributed by atoms with van der Waals surface area (Å²) in [5.41, 5.74) is 6.65. The van der Waals surface area contributed by atoms with Gasteiger partial charge in [-0.1, -0.05) is 12.8 Å². The minimum atomic E-state index is -0.768. The van der Waals surface area contributed by atoms with E-state index in [0.29, 0.717) is 19.4 Å². The lowest BCUT2D eigenvalue weighted by Crippen LogP contribution is -2.45. The number of amides is 1. The number of nitrogens with zero attached hydrogens (tertiary/aromatic N) is 1.